The monoisotopic (exact) mass is 282 g/mol. The molecule has 20 heavy (non-hydrogen) atoms. The molecule has 2 fully saturated rings. The molecule has 1 N–H and O–H groups in total. The molecule has 3 heteroatoms. The van der Waals surface area contributed by atoms with Gasteiger partial charge < -0.3 is 10.1 Å². The first-order valence-electron chi connectivity index (χ1n) is 8.74. The van der Waals surface area contributed by atoms with Crippen LogP contribution >= 0.6 is 0 Å². The minimum Gasteiger partial charge on any atom is -0.374 e. The Bertz CT molecular complexity index is 270. The van der Waals surface area contributed by atoms with Gasteiger partial charge in [0.25, 0.3) is 0 Å². The number of hydrogen-bond donors (Lipinski definition) is 1. The average molecular weight is 282 g/mol. The van der Waals surface area contributed by atoms with Crippen molar-refractivity contribution in [1.29, 1.82) is 0 Å². The van der Waals surface area contributed by atoms with Crippen LogP contribution in [0.3, 0.4) is 0 Å². The van der Waals surface area contributed by atoms with Crippen molar-refractivity contribution in [2.24, 2.45) is 11.8 Å². The molecule has 0 spiro atoms. The Morgan fingerprint density at radius 3 is 2.90 bits per heavy atom. The van der Waals surface area contributed by atoms with Gasteiger partial charge in [0.15, 0.2) is 0 Å². The standard InChI is InChI=1S/C17H34N2O/c1-4-19-8-9-20-17(13-19)12-18-16-7-5-6-15(11-16)10-14(2)3/h14-18H,4-13H2,1-3H3. The van der Waals surface area contributed by atoms with Crippen molar-refractivity contribution >= 4 is 0 Å². The Balaban J connectivity index is 1.67. The predicted molar refractivity (Wildman–Crippen MR) is 85.1 cm³/mol. The molecule has 1 heterocycles. The highest BCUT2D eigenvalue weighted by Crippen LogP contribution is 2.29. The van der Waals surface area contributed by atoms with E-state index in [4.69, 9.17) is 4.74 Å². The van der Waals surface area contributed by atoms with Crippen LogP contribution in [0.4, 0.5) is 0 Å². The maximum absolute atomic E-state index is 5.89. The van der Waals surface area contributed by atoms with Crippen LogP contribution in [0.25, 0.3) is 0 Å². The van der Waals surface area contributed by atoms with Gasteiger partial charge in [-0.05, 0) is 37.6 Å². The Morgan fingerprint density at radius 1 is 1.30 bits per heavy atom. The molecule has 3 unspecified atom stereocenters. The van der Waals surface area contributed by atoms with Crippen molar-refractivity contribution in [3.8, 4) is 0 Å². The van der Waals surface area contributed by atoms with Crippen molar-refractivity contribution in [2.75, 3.05) is 32.8 Å². The summed E-state index contributed by atoms with van der Waals surface area (Å²) in [5.41, 5.74) is 0. The van der Waals surface area contributed by atoms with E-state index in [-0.39, 0.29) is 0 Å². The van der Waals surface area contributed by atoms with Gasteiger partial charge in [0.2, 0.25) is 0 Å². The van der Waals surface area contributed by atoms with Crippen molar-refractivity contribution in [1.82, 2.24) is 10.2 Å². The topological polar surface area (TPSA) is 24.5 Å². The fourth-order valence-corrected chi connectivity index (χ4v) is 3.85. The maximum Gasteiger partial charge on any atom is 0.0826 e. The first kappa shape index (κ1) is 16.3. The summed E-state index contributed by atoms with van der Waals surface area (Å²) in [6, 6.07) is 0.730. The van der Waals surface area contributed by atoms with Gasteiger partial charge in [-0.2, -0.15) is 0 Å². The highest BCUT2D eigenvalue weighted by Gasteiger charge is 2.24. The third kappa shape index (κ3) is 5.34. The highest BCUT2D eigenvalue weighted by atomic mass is 16.5. The zero-order valence-electron chi connectivity index (χ0n) is 13.7. The zero-order valence-corrected chi connectivity index (χ0v) is 13.7. The lowest BCUT2D eigenvalue weighted by atomic mass is 9.81. The number of nitrogens with one attached hydrogen (secondary N) is 1. The molecule has 0 aromatic rings. The Hall–Kier alpha value is -0.120. The van der Waals surface area contributed by atoms with E-state index in [9.17, 15) is 0 Å². The van der Waals surface area contributed by atoms with Gasteiger partial charge in [-0.1, -0.05) is 33.6 Å². The van der Waals surface area contributed by atoms with E-state index < -0.39 is 0 Å². The van der Waals surface area contributed by atoms with Gasteiger partial charge in [-0.15, -0.1) is 0 Å². The summed E-state index contributed by atoms with van der Waals surface area (Å²) in [5, 5.41) is 3.79. The molecule has 118 valence electrons. The average Bonchev–Trinajstić information content (AvgIpc) is 2.45. The number of hydrogen-bond acceptors (Lipinski definition) is 3. The van der Waals surface area contributed by atoms with Crippen LogP contribution in [0.1, 0.15) is 52.9 Å². The Labute approximate surface area is 125 Å². The van der Waals surface area contributed by atoms with Gasteiger partial charge in [0.1, 0.15) is 0 Å². The van der Waals surface area contributed by atoms with E-state index in [1.54, 1.807) is 0 Å². The largest absolute Gasteiger partial charge is 0.374 e. The van der Waals surface area contributed by atoms with E-state index in [0.29, 0.717) is 6.10 Å². The molecule has 3 nitrogen and oxygen atoms in total. The normalized spacial score (nSPS) is 32.7. The fourth-order valence-electron chi connectivity index (χ4n) is 3.85. The van der Waals surface area contributed by atoms with Crippen molar-refractivity contribution in [3.05, 3.63) is 0 Å². The lowest BCUT2D eigenvalue weighted by molar-refractivity contribution is -0.0271. The van der Waals surface area contributed by atoms with Gasteiger partial charge in [-0.3, -0.25) is 4.90 Å². The van der Waals surface area contributed by atoms with Crippen LogP contribution in [0.5, 0.6) is 0 Å². The zero-order chi connectivity index (χ0) is 14.4. The molecule has 3 atom stereocenters. The van der Waals surface area contributed by atoms with Gasteiger partial charge >= 0.3 is 0 Å². The first-order chi connectivity index (χ1) is 9.67. The van der Waals surface area contributed by atoms with Crippen LogP contribution in [0.15, 0.2) is 0 Å². The number of nitrogens with zero attached hydrogens (tertiary/aromatic N) is 1. The van der Waals surface area contributed by atoms with Crippen LogP contribution in [-0.2, 0) is 4.74 Å². The van der Waals surface area contributed by atoms with E-state index in [2.05, 4.69) is 31.0 Å². The third-order valence-electron chi connectivity index (χ3n) is 4.89. The summed E-state index contributed by atoms with van der Waals surface area (Å²) in [5.74, 6) is 1.79. The minimum atomic E-state index is 0.397. The van der Waals surface area contributed by atoms with Crippen LogP contribution < -0.4 is 5.32 Å². The van der Waals surface area contributed by atoms with Gasteiger partial charge in [-0.25, -0.2) is 0 Å². The third-order valence-corrected chi connectivity index (χ3v) is 4.89. The van der Waals surface area contributed by atoms with Crippen molar-refractivity contribution in [3.63, 3.8) is 0 Å². The van der Waals surface area contributed by atoms with Crippen LogP contribution in [0, 0.1) is 11.8 Å². The van der Waals surface area contributed by atoms with Crippen molar-refractivity contribution < 1.29 is 4.74 Å². The summed E-state index contributed by atoms with van der Waals surface area (Å²) in [4.78, 5) is 2.50. The summed E-state index contributed by atoms with van der Waals surface area (Å²) < 4.78 is 5.89. The molecule has 0 aromatic carbocycles. The van der Waals surface area contributed by atoms with E-state index in [1.165, 1.54) is 32.1 Å². The number of rotatable bonds is 6. The second-order valence-corrected chi connectivity index (χ2v) is 7.15. The Morgan fingerprint density at radius 2 is 2.15 bits per heavy atom. The molecule has 2 aliphatic rings. The van der Waals surface area contributed by atoms with Crippen LogP contribution in [0.2, 0.25) is 0 Å². The molecule has 0 bridgehead atoms. The van der Waals surface area contributed by atoms with Crippen LogP contribution in [-0.4, -0.2) is 49.8 Å². The fraction of sp³-hybridized carbons (Fsp3) is 1.00. The second kappa shape index (κ2) is 8.35. The smallest absolute Gasteiger partial charge is 0.0826 e. The number of ether oxygens (including phenoxy) is 1. The molecule has 1 saturated carbocycles. The summed E-state index contributed by atoms with van der Waals surface area (Å²) in [6.45, 7) is 12.3. The molecule has 1 aliphatic heterocycles. The number of morpholine rings is 1. The quantitative estimate of drug-likeness (QED) is 0.811. The first-order valence-corrected chi connectivity index (χ1v) is 8.74. The van der Waals surface area contributed by atoms with Gasteiger partial charge in [0.05, 0.1) is 12.7 Å². The SMILES string of the molecule is CCN1CCOC(CNC2CCCC(CC(C)C)C2)C1. The molecule has 2 rings (SSSR count). The second-order valence-electron chi connectivity index (χ2n) is 7.15. The molecular weight excluding hydrogens is 248 g/mol. The van der Waals surface area contributed by atoms with E-state index in [0.717, 1.165) is 50.7 Å². The molecule has 1 aliphatic carbocycles. The molecule has 0 radical (unpaired) electrons. The molecule has 1 saturated heterocycles. The molecule has 0 aromatic heterocycles. The summed E-state index contributed by atoms with van der Waals surface area (Å²) >= 11 is 0. The van der Waals surface area contributed by atoms with E-state index in [1.807, 2.05) is 0 Å². The summed E-state index contributed by atoms with van der Waals surface area (Å²) in [6.07, 6.45) is 7.39. The highest BCUT2D eigenvalue weighted by molar-refractivity contribution is 4.81. The minimum absolute atomic E-state index is 0.397. The Kier molecular flexibility index (Phi) is 6.79. The summed E-state index contributed by atoms with van der Waals surface area (Å²) in [7, 11) is 0. The molecule has 0 amide bonds. The maximum atomic E-state index is 5.89. The van der Waals surface area contributed by atoms with Crippen molar-refractivity contribution in [2.45, 2.75) is 65.0 Å². The molecular formula is C17H34N2O. The lowest BCUT2D eigenvalue weighted by Crippen LogP contribution is -2.48. The lowest BCUT2D eigenvalue weighted by Gasteiger charge is -2.35. The van der Waals surface area contributed by atoms with Gasteiger partial charge in [0, 0.05) is 25.7 Å². The predicted octanol–water partition coefficient (Wildman–Crippen LogP) is 2.90. The van der Waals surface area contributed by atoms with E-state index >= 15 is 0 Å². The number of likely N-dealkylation sites (N-methyl/N-ethyl adjacent to an activating group) is 1.